The fourth-order valence-corrected chi connectivity index (χ4v) is 2.19. The van der Waals surface area contributed by atoms with Crippen molar-refractivity contribution in [1.29, 1.82) is 0 Å². The van der Waals surface area contributed by atoms with Crippen LogP contribution in [-0.2, 0) is 0 Å². The van der Waals surface area contributed by atoms with Crippen LogP contribution in [0.2, 0.25) is 10.0 Å². The Hall–Kier alpha value is -0.770. The van der Waals surface area contributed by atoms with E-state index in [1.165, 1.54) is 12.3 Å². The Labute approximate surface area is 110 Å². The molecule has 0 aliphatic rings. The topological polar surface area (TPSA) is 30.2 Å². The number of benzene rings is 1. The lowest BCUT2D eigenvalue weighted by molar-refractivity contribution is 0.103. The van der Waals surface area contributed by atoms with Crippen LogP contribution in [0.3, 0.4) is 0 Å². The molecule has 82 valence electrons. The molecule has 0 fully saturated rings. The first-order valence-corrected chi connectivity index (χ1v) is 5.87. The van der Waals surface area contributed by atoms with Crippen molar-refractivity contribution in [2.24, 2.45) is 0 Å². The van der Waals surface area contributed by atoms with Gasteiger partial charge in [-0.3, -0.25) is 4.79 Å². The van der Waals surface area contributed by atoms with E-state index in [4.69, 9.17) is 27.6 Å². The molecule has 16 heavy (non-hydrogen) atoms. The van der Waals surface area contributed by atoms with Gasteiger partial charge in [-0.05, 0) is 40.2 Å². The van der Waals surface area contributed by atoms with Crippen LogP contribution in [0.1, 0.15) is 15.9 Å². The summed E-state index contributed by atoms with van der Waals surface area (Å²) in [5.41, 5.74) is 0.831. The van der Waals surface area contributed by atoms with Gasteiger partial charge in [-0.25, -0.2) is 0 Å². The Kier molecular flexibility index (Phi) is 3.38. The van der Waals surface area contributed by atoms with Crippen LogP contribution in [0.4, 0.5) is 0 Å². The third kappa shape index (κ3) is 2.17. The molecule has 0 aliphatic carbocycles. The van der Waals surface area contributed by atoms with Crippen molar-refractivity contribution in [2.45, 2.75) is 0 Å². The lowest BCUT2D eigenvalue weighted by Gasteiger charge is -2.02. The highest BCUT2D eigenvalue weighted by atomic mass is 79.9. The molecule has 2 aromatic rings. The molecule has 1 aromatic heterocycles. The maximum atomic E-state index is 12.0. The first kappa shape index (κ1) is 11.7. The Bertz CT molecular complexity index is 549. The molecule has 5 heteroatoms. The van der Waals surface area contributed by atoms with E-state index in [1.807, 2.05) is 0 Å². The molecular weight excluding hydrogens is 315 g/mol. The van der Waals surface area contributed by atoms with Crippen LogP contribution in [0.25, 0.3) is 0 Å². The van der Waals surface area contributed by atoms with Crippen LogP contribution in [0, 0.1) is 0 Å². The van der Waals surface area contributed by atoms with Gasteiger partial charge >= 0.3 is 0 Å². The van der Waals surface area contributed by atoms with E-state index in [-0.39, 0.29) is 5.78 Å². The van der Waals surface area contributed by atoms with Crippen molar-refractivity contribution in [1.82, 2.24) is 0 Å². The van der Waals surface area contributed by atoms with Crippen LogP contribution >= 0.6 is 39.1 Å². The van der Waals surface area contributed by atoms with Gasteiger partial charge in [0.05, 0.1) is 16.8 Å². The van der Waals surface area contributed by atoms with Crippen molar-refractivity contribution in [2.75, 3.05) is 0 Å². The van der Waals surface area contributed by atoms with Gasteiger partial charge in [-0.1, -0.05) is 23.2 Å². The fourth-order valence-electron chi connectivity index (χ4n) is 1.27. The Morgan fingerprint density at radius 3 is 2.50 bits per heavy atom. The van der Waals surface area contributed by atoms with Crippen molar-refractivity contribution in [3.05, 3.63) is 56.4 Å². The summed E-state index contributed by atoms with van der Waals surface area (Å²) in [5.74, 6) is -0.206. The molecule has 2 nitrogen and oxygen atoms in total. The van der Waals surface area contributed by atoms with Crippen LogP contribution in [-0.4, -0.2) is 5.78 Å². The Morgan fingerprint density at radius 2 is 1.94 bits per heavy atom. The summed E-state index contributed by atoms with van der Waals surface area (Å²) in [7, 11) is 0. The first-order chi connectivity index (χ1) is 7.59. The van der Waals surface area contributed by atoms with Gasteiger partial charge in [0.2, 0.25) is 0 Å². The van der Waals surface area contributed by atoms with E-state index in [0.717, 1.165) is 0 Å². The highest BCUT2D eigenvalue weighted by Crippen LogP contribution is 2.26. The molecular formula is C11H5BrCl2O2. The van der Waals surface area contributed by atoms with Gasteiger partial charge in [0.1, 0.15) is 0 Å². The lowest BCUT2D eigenvalue weighted by atomic mass is 10.1. The standard InChI is InChI=1S/C11H5BrCl2O2/c12-11-8(3-4-16-11)10(15)7-2-1-6(13)5-9(7)14/h1-5H. The number of hydrogen-bond acceptors (Lipinski definition) is 2. The van der Waals surface area contributed by atoms with Gasteiger partial charge < -0.3 is 4.42 Å². The monoisotopic (exact) mass is 318 g/mol. The van der Waals surface area contributed by atoms with Gasteiger partial charge in [-0.15, -0.1) is 0 Å². The van der Waals surface area contributed by atoms with E-state index >= 15 is 0 Å². The molecule has 0 aliphatic heterocycles. The van der Waals surface area contributed by atoms with Gasteiger partial charge in [-0.2, -0.15) is 0 Å². The number of ketones is 1. The summed E-state index contributed by atoms with van der Waals surface area (Å²) in [6.07, 6.45) is 1.43. The average Bonchev–Trinajstić information content (AvgIpc) is 2.63. The van der Waals surface area contributed by atoms with Crippen LogP contribution < -0.4 is 0 Å². The maximum absolute atomic E-state index is 12.0. The lowest BCUT2D eigenvalue weighted by Crippen LogP contribution is -2.01. The fraction of sp³-hybridized carbons (Fsp3) is 0. The second-order valence-corrected chi connectivity index (χ2v) is 4.63. The molecule has 0 unspecified atom stereocenters. The van der Waals surface area contributed by atoms with E-state index in [0.29, 0.717) is 25.8 Å². The highest BCUT2D eigenvalue weighted by molar-refractivity contribution is 9.10. The minimum absolute atomic E-state index is 0.206. The smallest absolute Gasteiger partial charge is 0.198 e. The van der Waals surface area contributed by atoms with E-state index in [9.17, 15) is 4.79 Å². The molecule has 0 N–H and O–H groups in total. The predicted octanol–water partition coefficient (Wildman–Crippen LogP) is 4.58. The summed E-state index contributed by atoms with van der Waals surface area (Å²) < 4.78 is 5.39. The van der Waals surface area contributed by atoms with Gasteiger partial charge in [0.15, 0.2) is 10.5 Å². The summed E-state index contributed by atoms with van der Waals surface area (Å²) in [4.78, 5) is 12.0. The number of hydrogen-bond donors (Lipinski definition) is 0. The third-order valence-electron chi connectivity index (χ3n) is 2.04. The summed E-state index contributed by atoms with van der Waals surface area (Å²) in [6, 6.07) is 6.32. The van der Waals surface area contributed by atoms with Gasteiger partial charge in [0.25, 0.3) is 0 Å². The van der Waals surface area contributed by atoms with Crippen LogP contribution in [0.15, 0.2) is 39.6 Å². The second-order valence-electron chi connectivity index (χ2n) is 3.06. The second kappa shape index (κ2) is 4.62. The van der Waals surface area contributed by atoms with E-state index in [1.54, 1.807) is 18.2 Å². The third-order valence-corrected chi connectivity index (χ3v) is 3.20. The summed E-state index contributed by atoms with van der Waals surface area (Å²) in [5, 5.41) is 0.818. The molecule has 0 bridgehead atoms. The molecule has 0 radical (unpaired) electrons. The predicted molar refractivity (Wildman–Crippen MR) is 66.3 cm³/mol. The number of carbonyl (C=O) groups excluding carboxylic acids is 1. The Balaban J connectivity index is 2.46. The van der Waals surface area contributed by atoms with E-state index in [2.05, 4.69) is 15.9 Å². The molecule has 2 rings (SSSR count). The summed E-state index contributed by atoms with van der Waals surface area (Å²) >= 11 is 14.8. The van der Waals surface area contributed by atoms with Crippen LogP contribution in [0.5, 0.6) is 0 Å². The zero-order valence-electron chi connectivity index (χ0n) is 7.84. The zero-order chi connectivity index (χ0) is 11.7. The van der Waals surface area contributed by atoms with Gasteiger partial charge in [0, 0.05) is 10.6 Å². The normalized spacial score (nSPS) is 10.4. The van der Waals surface area contributed by atoms with Crippen molar-refractivity contribution < 1.29 is 9.21 Å². The van der Waals surface area contributed by atoms with Crippen molar-refractivity contribution >= 4 is 44.9 Å². The van der Waals surface area contributed by atoms with Crippen molar-refractivity contribution in [3.63, 3.8) is 0 Å². The molecule has 0 atom stereocenters. The van der Waals surface area contributed by atoms with Crippen molar-refractivity contribution in [3.8, 4) is 0 Å². The van der Waals surface area contributed by atoms with E-state index < -0.39 is 0 Å². The molecule has 0 saturated carbocycles. The largest absolute Gasteiger partial charge is 0.457 e. The highest BCUT2D eigenvalue weighted by Gasteiger charge is 2.17. The molecule has 0 spiro atoms. The minimum atomic E-state index is -0.206. The minimum Gasteiger partial charge on any atom is -0.457 e. The first-order valence-electron chi connectivity index (χ1n) is 4.32. The molecule has 0 amide bonds. The average molecular weight is 320 g/mol. The molecule has 1 heterocycles. The SMILES string of the molecule is O=C(c1ccc(Cl)cc1Cl)c1ccoc1Br. The quantitative estimate of drug-likeness (QED) is 0.758. The molecule has 1 aromatic carbocycles. The number of rotatable bonds is 2. The number of halogens is 3. The Morgan fingerprint density at radius 1 is 1.19 bits per heavy atom. The molecule has 0 saturated heterocycles. The zero-order valence-corrected chi connectivity index (χ0v) is 10.9. The maximum Gasteiger partial charge on any atom is 0.198 e. The number of furan rings is 1. The number of carbonyl (C=O) groups is 1. The summed E-state index contributed by atoms with van der Waals surface area (Å²) in [6.45, 7) is 0.